The molecule has 0 saturated carbocycles. The second-order valence-electron chi connectivity index (χ2n) is 7.37. The molecule has 1 aromatic rings. The Bertz CT molecular complexity index is 726. The lowest BCUT2D eigenvalue weighted by Crippen LogP contribution is -2.46. The molecular formula is C21H30N4O3. The Balaban J connectivity index is 1.57. The van der Waals surface area contributed by atoms with Crippen LogP contribution in [0.5, 0.6) is 0 Å². The van der Waals surface area contributed by atoms with Crippen molar-refractivity contribution in [3.63, 3.8) is 0 Å². The van der Waals surface area contributed by atoms with Gasteiger partial charge in [-0.2, -0.15) is 0 Å². The number of rotatable bonds is 5. The molecule has 1 amide bonds. The number of likely N-dealkylation sites (tertiary alicyclic amines) is 2. The minimum Gasteiger partial charge on any atom is -0.469 e. The number of amides is 1. The largest absolute Gasteiger partial charge is 0.469 e. The van der Waals surface area contributed by atoms with E-state index >= 15 is 0 Å². The summed E-state index contributed by atoms with van der Waals surface area (Å²) in [6, 6.07) is 8.23. The number of guanidine groups is 1. The van der Waals surface area contributed by atoms with Gasteiger partial charge in [-0.05, 0) is 30.4 Å². The third-order valence-corrected chi connectivity index (χ3v) is 5.63. The Morgan fingerprint density at radius 3 is 2.54 bits per heavy atom. The van der Waals surface area contributed by atoms with Crippen molar-refractivity contribution in [1.82, 2.24) is 15.1 Å². The number of hydrogen-bond acceptors (Lipinski definition) is 4. The number of methoxy groups -OCH3 is 1. The van der Waals surface area contributed by atoms with Crippen LogP contribution in [0, 0.1) is 5.92 Å². The van der Waals surface area contributed by atoms with Crippen molar-refractivity contribution in [2.24, 2.45) is 10.9 Å². The number of nitrogens with zero attached hydrogens (tertiary/aromatic N) is 3. The lowest BCUT2D eigenvalue weighted by molar-refractivity contribution is -0.146. The van der Waals surface area contributed by atoms with Crippen LogP contribution in [0.2, 0.25) is 0 Å². The molecule has 0 aromatic heterocycles. The van der Waals surface area contributed by atoms with Gasteiger partial charge in [0.05, 0.1) is 13.0 Å². The second-order valence-corrected chi connectivity index (χ2v) is 7.37. The van der Waals surface area contributed by atoms with E-state index in [1.54, 1.807) is 7.05 Å². The van der Waals surface area contributed by atoms with Crippen LogP contribution in [0.25, 0.3) is 0 Å². The highest BCUT2D eigenvalue weighted by Gasteiger charge is 2.27. The summed E-state index contributed by atoms with van der Waals surface area (Å²) in [6.45, 7) is 3.73. The zero-order valence-electron chi connectivity index (χ0n) is 16.8. The van der Waals surface area contributed by atoms with Crippen molar-refractivity contribution in [2.75, 3.05) is 33.8 Å². The van der Waals surface area contributed by atoms with Crippen LogP contribution in [-0.2, 0) is 27.4 Å². The predicted octanol–water partition coefficient (Wildman–Crippen LogP) is 1.77. The van der Waals surface area contributed by atoms with Crippen LogP contribution in [0.4, 0.5) is 0 Å². The van der Waals surface area contributed by atoms with Crippen LogP contribution >= 0.6 is 0 Å². The number of piperidine rings is 1. The Labute approximate surface area is 166 Å². The lowest BCUT2D eigenvalue weighted by atomic mass is 9.97. The van der Waals surface area contributed by atoms with E-state index in [-0.39, 0.29) is 17.8 Å². The minimum atomic E-state index is -0.118. The van der Waals surface area contributed by atoms with Gasteiger partial charge in [0.15, 0.2) is 5.96 Å². The maximum atomic E-state index is 12.0. The average molecular weight is 386 g/mol. The van der Waals surface area contributed by atoms with E-state index in [1.165, 1.54) is 18.2 Å². The van der Waals surface area contributed by atoms with Crippen molar-refractivity contribution in [2.45, 2.75) is 38.8 Å². The fourth-order valence-electron chi connectivity index (χ4n) is 3.96. The predicted molar refractivity (Wildman–Crippen MR) is 108 cm³/mol. The molecule has 2 fully saturated rings. The first-order valence-electron chi connectivity index (χ1n) is 10.0. The third-order valence-electron chi connectivity index (χ3n) is 5.63. The number of carbonyl (C=O) groups is 2. The number of aliphatic imine (C=N–C) groups is 1. The molecule has 3 rings (SSSR count). The molecule has 2 aliphatic rings. The maximum Gasteiger partial charge on any atom is 0.308 e. The molecule has 0 atom stereocenters. The van der Waals surface area contributed by atoms with E-state index in [0.29, 0.717) is 19.5 Å². The lowest BCUT2D eigenvalue weighted by Gasteiger charge is -2.33. The number of hydrogen-bond donors (Lipinski definition) is 1. The standard InChI is InChI=1S/C21H30N4O3/c1-22-21(24-12-9-16(10-13-24)20(27)28-2)23-14-17-6-3-4-7-18(17)15-25-11-5-8-19(25)26/h3-4,6-7,16H,5,8-15H2,1-2H3,(H,22,23). The highest BCUT2D eigenvalue weighted by Crippen LogP contribution is 2.19. The van der Waals surface area contributed by atoms with E-state index in [2.05, 4.69) is 27.3 Å². The molecule has 0 aliphatic carbocycles. The second kappa shape index (κ2) is 9.57. The molecule has 2 heterocycles. The van der Waals surface area contributed by atoms with Crippen LogP contribution in [-0.4, -0.2) is 61.4 Å². The van der Waals surface area contributed by atoms with Gasteiger partial charge in [0.2, 0.25) is 5.91 Å². The quantitative estimate of drug-likeness (QED) is 0.474. The highest BCUT2D eigenvalue weighted by molar-refractivity contribution is 5.80. The summed E-state index contributed by atoms with van der Waals surface area (Å²) in [4.78, 5) is 32.2. The zero-order chi connectivity index (χ0) is 19.9. The number of esters is 1. The fraction of sp³-hybridized carbons (Fsp3) is 0.571. The van der Waals surface area contributed by atoms with E-state index in [1.807, 2.05) is 17.0 Å². The molecule has 2 aliphatic heterocycles. The summed E-state index contributed by atoms with van der Waals surface area (Å²) in [5.41, 5.74) is 2.35. The molecule has 0 unspecified atom stereocenters. The number of nitrogens with one attached hydrogen (secondary N) is 1. The van der Waals surface area contributed by atoms with Crippen molar-refractivity contribution < 1.29 is 14.3 Å². The first kappa shape index (κ1) is 20.2. The molecule has 7 heteroatoms. The average Bonchev–Trinajstić information content (AvgIpc) is 3.14. The smallest absolute Gasteiger partial charge is 0.308 e. The van der Waals surface area contributed by atoms with Crippen LogP contribution in [0.3, 0.4) is 0 Å². The highest BCUT2D eigenvalue weighted by atomic mass is 16.5. The Hall–Kier alpha value is -2.57. The van der Waals surface area contributed by atoms with E-state index in [0.717, 1.165) is 44.9 Å². The summed E-state index contributed by atoms with van der Waals surface area (Å²) in [7, 11) is 3.23. The van der Waals surface area contributed by atoms with Gasteiger partial charge in [0.25, 0.3) is 0 Å². The molecule has 152 valence electrons. The number of carbonyl (C=O) groups excluding carboxylic acids is 2. The summed E-state index contributed by atoms with van der Waals surface area (Å²) >= 11 is 0. The Morgan fingerprint density at radius 2 is 1.93 bits per heavy atom. The molecule has 1 aromatic carbocycles. The number of ether oxygens (including phenoxy) is 1. The first-order valence-corrected chi connectivity index (χ1v) is 10.0. The van der Waals surface area contributed by atoms with Gasteiger partial charge in [-0.1, -0.05) is 24.3 Å². The summed E-state index contributed by atoms with van der Waals surface area (Å²) in [5.74, 6) is 0.952. The molecule has 7 nitrogen and oxygen atoms in total. The summed E-state index contributed by atoms with van der Waals surface area (Å²) in [5, 5.41) is 3.45. The van der Waals surface area contributed by atoms with Crippen molar-refractivity contribution in [3.8, 4) is 0 Å². The maximum absolute atomic E-state index is 12.0. The molecule has 28 heavy (non-hydrogen) atoms. The molecule has 2 saturated heterocycles. The van der Waals surface area contributed by atoms with Crippen molar-refractivity contribution in [1.29, 1.82) is 0 Å². The van der Waals surface area contributed by atoms with Gasteiger partial charge in [0, 0.05) is 46.2 Å². The summed E-state index contributed by atoms with van der Waals surface area (Å²) in [6.07, 6.45) is 3.17. The molecule has 0 spiro atoms. The minimum absolute atomic E-state index is 0.0157. The van der Waals surface area contributed by atoms with Gasteiger partial charge in [-0.25, -0.2) is 0 Å². The number of benzene rings is 1. The van der Waals surface area contributed by atoms with Crippen molar-refractivity contribution >= 4 is 17.8 Å². The Kier molecular flexibility index (Phi) is 6.90. The monoisotopic (exact) mass is 386 g/mol. The van der Waals surface area contributed by atoms with Crippen LogP contribution in [0.1, 0.15) is 36.8 Å². The van der Waals surface area contributed by atoms with Crippen LogP contribution in [0.15, 0.2) is 29.3 Å². The SMILES string of the molecule is CN=C(NCc1ccccc1CN1CCCC1=O)N1CCC(C(=O)OC)CC1. The van der Waals surface area contributed by atoms with Gasteiger partial charge >= 0.3 is 5.97 Å². The molecular weight excluding hydrogens is 356 g/mol. The van der Waals surface area contributed by atoms with Gasteiger partial charge in [0.1, 0.15) is 0 Å². The topological polar surface area (TPSA) is 74.2 Å². The van der Waals surface area contributed by atoms with Gasteiger partial charge in [-0.15, -0.1) is 0 Å². The fourth-order valence-corrected chi connectivity index (χ4v) is 3.96. The molecule has 0 bridgehead atoms. The van der Waals surface area contributed by atoms with E-state index < -0.39 is 0 Å². The normalized spacial score (nSPS) is 18.5. The molecule has 0 radical (unpaired) electrons. The summed E-state index contributed by atoms with van der Waals surface area (Å²) < 4.78 is 4.86. The van der Waals surface area contributed by atoms with E-state index in [9.17, 15) is 9.59 Å². The Morgan fingerprint density at radius 1 is 1.21 bits per heavy atom. The van der Waals surface area contributed by atoms with Gasteiger partial charge < -0.3 is 19.9 Å². The first-order chi connectivity index (χ1) is 13.6. The molecule has 1 N–H and O–H groups in total. The van der Waals surface area contributed by atoms with E-state index in [4.69, 9.17) is 4.74 Å². The third kappa shape index (κ3) is 4.82. The van der Waals surface area contributed by atoms with Crippen molar-refractivity contribution in [3.05, 3.63) is 35.4 Å². The van der Waals surface area contributed by atoms with Gasteiger partial charge in [-0.3, -0.25) is 14.6 Å². The zero-order valence-corrected chi connectivity index (χ0v) is 16.8. The van der Waals surface area contributed by atoms with Crippen LogP contribution < -0.4 is 5.32 Å².